The maximum Gasteiger partial charge on any atom is 0.337 e. The highest BCUT2D eigenvalue weighted by molar-refractivity contribution is 5.94. The van der Waals surface area contributed by atoms with Crippen LogP contribution < -0.4 is 5.32 Å². The first-order chi connectivity index (χ1) is 20.9. The number of carbonyl (C=O) groups is 5. The number of nitrogens with one attached hydrogen (secondary N) is 1. The number of amides is 1. The molecule has 0 aliphatic rings. The fourth-order valence-corrected chi connectivity index (χ4v) is 4.68. The average molecular weight is 617 g/mol. The lowest BCUT2D eigenvalue weighted by molar-refractivity contribution is -0.172. The van der Waals surface area contributed by atoms with Crippen LogP contribution >= 0.6 is 0 Å². The summed E-state index contributed by atoms with van der Waals surface area (Å²) >= 11 is 0. The predicted molar refractivity (Wildman–Crippen MR) is 162 cm³/mol. The number of carboxylic acid groups (broad SMARTS) is 3. The summed E-state index contributed by atoms with van der Waals surface area (Å²) in [6.45, 7) is 2.14. The largest absolute Gasteiger partial charge is 0.481 e. The van der Waals surface area contributed by atoms with Gasteiger partial charge in [-0.15, -0.1) is 0 Å². The second-order valence-corrected chi connectivity index (χ2v) is 10.8. The van der Waals surface area contributed by atoms with Crippen molar-refractivity contribution in [2.45, 2.75) is 108 Å². The first kappa shape index (κ1) is 37.8. The number of nitrogens with zero attached hydrogens (tertiary/aromatic N) is 3. The zero-order valence-corrected chi connectivity index (χ0v) is 25.2. The highest BCUT2D eigenvalue weighted by Gasteiger charge is 2.49. The minimum absolute atomic E-state index is 0.222. The predicted octanol–water partition coefficient (Wildman–Crippen LogP) is 5.47. The molecule has 0 saturated heterocycles. The van der Waals surface area contributed by atoms with Gasteiger partial charge in [0.25, 0.3) is 0 Å². The van der Waals surface area contributed by atoms with Crippen molar-refractivity contribution in [2.75, 3.05) is 0 Å². The molecular formula is C31H44N4O9. The molecule has 5 N–H and O–H groups in total. The van der Waals surface area contributed by atoms with Crippen molar-refractivity contribution in [3.05, 3.63) is 52.4 Å². The lowest BCUT2D eigenvalue weighted by Gasteiger charge is -2.29. The summed E-state index contributed by atoms with van der Waals surface area (Å²) in [4.78, 5) is 63.1. The van der Waals surface area contributed by atoms with Gasteiger partial charge in [-0.1, -0.05) is 87.0 Å². The number of unbranched alkanes of at least 4 members (excludes halogenated alkanes) is 8. The number of aliphatic hydroxyl groups is 1. The van der Waals surface area contributed by atoms with Gasteiger partial charge < -0.3 is 25.7 Å². The minimum atomic E-state index is -3.04. The summed E-state index contributed by atoms with van der Waals surface area (Å²) in [7, 11) is 0. The van der Waals surface area contributed by atoms with Crippen LogP contribution in [0.15, 0.2) is 41.5 Å². The van der Waals surface area contributed by atoms with E-state index in [1.807, 2.05) is 0 Å². The zero-order valence-electron chi connectivity index (χ0n) is 25.2. The summed E-state index contributed by atoms with van der Waals surface area (Å²) < 4.78 is 0. The number of hydrogen-bond donors (Lipinski definition) is 5. The van der Waals surface area contributed by atoms with Crippen LogP contribution in [0.2, 0.25) is 0 Å². The van der Waals surface area contributed by atoms with Crippen LogP contribution in [0.4, 0.5) is 5.69 Å². The van der Waals surface area contributed by atoms with Crippen molar-refractivity contribution in [3.8, 4) is 0 Å². The molecule has 44 heavy (non-hydrogen) atoms. The lowest BCUT2D eigenvalue weighted by Crippen LogP contribution is -2.55. The Bertz CT molecular complexity index is 1180. The fourth-order valence-electron chi connectivity index (χ4n) is 4.68. The molecule has 1 rings (SSSR count). The molecule has 1 aromatic rings. The van der Waals surface area contributed by atoms with Crippen LogP contribution in [0.1, 0.15) is 96.0 Å². The Kier molecular flexibility index (Phi) is 17.7. The van der Waals surface area contributed by atoms with Crippen molar-refractivity contribution in [1.29, 1.82) is 0 Å². The third kappa shape index (κ3) is 14.3. The van der Waals surface area contributed by atoms with Crippen molar-refractivity contribution >= 4 is 35.3 Å². The Morgan fingerprint density at radius 2 is 1.52 bits per heavy atom. The van der Waals surface area contributed by atoms with Crippen molar-refractivity contribution in [3.63, 3.8) is 0 Å². The van der Waals surface area contributed by atoms with E-state index in [4.69, 9.17) is 5.53 Å². The maximum absolute atomic E-state index is 13.2. The molecule has 0 heterocycles. The number of azide groups is 1. The minimum Gasteiger partial charge on any atom is -0.481 e. The van der Waals surface area contributed by atoms with Crippen molar-refractivity contribution in [2.24, 2.45) is 11.0 Å². The molecule has 0 spiro atoms. The number of hydrogen-bond acceptors (Lipinski definition) is 7. The second-order valence-electron chi connectivity index (χ2n) is 10.8. The van der Waals surface area contributed by atoms with Gasteiger partial charge in [0.2, 0.25) is 5.91 Å². The van der Waals surface area contributed by atoms with E-state index in [9.17, 15) is 44.4 Å². The van der Waals surface area contributed by atoms with Crippen LogP contribution in [0.25, 0.3) is 10.4 Å². The molecule has 0 aliphatic carbocycles. The average Bonchev–Trinajstić information content (AvgIpc) is 2.96. The van der Waals surface area contributed by atoms with Crippen LogP contribution in [0, 0.1) is 5.92 Å². The number of Topliss-reactive ketones (excluding diaryl/α,β-unsaturated/α-hetero) is 1. The number of rotatable bonds is 24. The molecule has 0 unspecified atom stereocenters. The second kappa shape index (κ2) is 20.6. The quantitative estimate of drug-likeness (QED) is 0.0325. The Labute approximate surface area is 257 Å². The SMILES string of the molecule is CCCCCCCC(=O)CCCCCC/C=C/[C@H](C(=O)N[C@@H](Cc1ccc(N=[N+]=[N-])cc1)C(=O)O)[C@@](O)(CC(=O)O)C(=O)O. The van der Waals surface area contributed by atoms with Crippen molar-refractivity contribution < 1.29 is 44.4 Å². The van der Waals surface area contributed by atoms with E-state index >= 15 is 0 Å². The standard InChI is InChI=1S/C31H44N4O9/c1-2-3-4-7-10-13-24(36)14-11-8-5-6-9-12-15-25(31(44,30(42)43)21-27(37)38)28(39)33-26(29(40)41)20-22-16-18-23(19-17-22)34-35-32/h12,15-19,25-26,44H,2-11,13-14,20-21H2,1H3,(H,33,39)(H,37,38)(H,40,41)(H,42,43)/b15-12+/t25-,26+,31+/m1/s1. The van der Waals surface area contributed by atoms with Crippen LogP contribution in [-0.2, 0) is 30.4 Å². The summed E-state index contributed by atoms with van der Waals surface area (Å²) in [6.07, 6.45) is 11.0. The summed E-state index contributed by atoms with van der Waals surface area (Å²) in [6, 6.07) is 4.35. The molecule has 0 radical (unpaired) electrons. The van der Waals surface area contributed by atoms with Gasteiger partial charge in [-0.2, -0.15) is 0 Å². The number of carbonyl (C=O) groups excluding carboxylic acids is 2. The molecular weight excluding hydrogens is 572 g/mol. The summed E-state index contributed by atoms with van der Waals surface area (Å²) in [5.74, 6) is -7.86. The molecule has 0 fully saturated rings. The third-order valence-corrected chi connectivity index (χ3v) is 7.20. The van der Waals surface area contributed by atoms with Gasteiger partial charge >= 0.3 is 17.9 Å². The van der Waals surface area contributed by atoms with Gasteiger partial charge in [-0.3, -0.25) is 14.4 Å². The van der Waals surface area contributed by atoms with Gasteiger partial charge in [0, 0.05) is 29.9 Å². The zero-order chi connectivity index (χ0) is 33.0. The molecule has 13 nitrogen and oxygen atoms in total. The number of ketones is 1. The van der Waals surface area contributed by atoms with E-state index in [1.54, 1.807) is 0 Å². The van der Waals surface area contributed by atoms with Gasteiger partial charge in [0.1, 0.15) is 11.8 Å². The third-order valence-electron chi connectivity index (χ3n) is 7.20. The number of aliphatic carboxylic acids is 3. The highest BCUT2D eigenvalue weighted by Crippen LogP contribution is 2.26. The molecule has 0 aliphatic heterocycles. The molecule has 1 aromatic carbocycles. The molecule has 0 aromatic heterocycles. The fraction of sp³-hybridized carbons (Fsp3) is 0.581. The summed E-state index contributed by atoms with van der Waals surface area (Å²) in [5, 5.41) is 45.1. The van der Waals surface area contributed by atoms with Crippen molar-refractivity contribution in [1.82, 2.24) is 5.32 Å². The van der Waals surface area contributed by atoms with Crippen LogP contribution in [-0.4, -0.2) is 61.7 Å². The van der Waals surface area contributed by atoms with Gasteiger partial charge in [0.15, 0.2) is 5.60 Å². The highest BCUT2D eigenvalue weighted by atomic mass is 16.4. The van der Waals surface area contributed by atoms with Gasteiger partial charge in [-0.05, 0) is 36.8 Å². The number of allylic oxidation sites excluding steroid dienone is 1. The normalized spacial score (nSPS) is 13.8. The molecule has 242 valence electrons. The molecule has 13 heteroatoms. The van der Waals surface area contributed by atoms with Crippen LogP contribution in [0.5, 0.6) is 0 Å². The van der Waals surface area contributed by atoms with E-state index in [-0.39, 0.29) is 12.2 Å². The van der Waals surface area contributed by atoms with E-state index < -0.39 is 47.8 Å². The monoisotopic (exact) mass is 616 g/mol. The Morgan fingerprint density at radius 1 is 0.932 bits per heavy atom. The smallest absolute Gasteiger partial charge is 0.337 e. The first-order valence-electron chi connectivity index (χ1n) is 15.0. The first-order valence-corrected chi connectivity index (χ1v) is 15.0. The molecule has 0 saturated carbocycles. The summed E-state index contributed by atoms with van der Waals surface area (Å²) in [5.41, 5.74) is 6.23. The van der Waals surface area contributed by atoms with E-state index in [0.717, 1.165) is 51.0 Å². The Hall–Kier alpha value is -4.22. The van der Waals surface area contributed by atoms with Gasteiger partial charge in [-0.25, -0.2) is 9.59 Å². The number of carboxylic acids is 3. The topological polar surface area (TPSA) is 227 Å². The van der Waals surface area contributed by atoms with E-state index in [0.29, 0.717) is 36.9 Å². The Morgan fingerprint density at radius 3 is 2.05 bits per heavy atom. The lowest BCUT2D eigenvalue weighted by atomic mass is 9.82. The maximum atomic E-state index is 13.2. The number of benzene rings is 1. The van der Waals surface area contributed by atoms with E-state index in [2.05, 4.69) is 22.3 Å². The molecule has 1 amide bonds. The van der Waals surface area contributed by atoms with Gasteiger partial charge in [0.05, 0.1) is 12.3 Å². The van der Waals surface area contributed by atoms with Crippen LogP contribution in [0.3, 0.4) is 0 Å². The molecule has 0 bridgehead atoms. The molecule has 3 atom stereocenters. The van der Waals surface area contributed by atoms with E-state index in [1.165, 1.54) is 36.8 Å². The Balaban J connectivity index is 2.82.